The first-order valence-electron chi connectivity index (χ1n) is 9.49. The van der Waals surface area contributed by atoms with E-state index < -0.39 is 0 Å². The molecule has 0 saturated carbocycles. The third kappa shape index (κ3) is 4.27. The molecule has 0 aliphatic carbocycles. The summed E-state index contributed by atoms with van der Waals surface area (Å²) >= 11 is 6.54. The lowest BCUT2D eigenvalue weighted by Crippen LogP contribution is -2.39. The lowest BCUT2D eigenvalue weighted by atomic mass is 10.1. The van der Waals surface area contributed by atoms with Crippen molar-refractivity contribution in [3.8, 4) is 11.4 Å². The molecule has 0 aromatic carbocycles. The molecule has 3 aromatic heterocycles. The Morgan fingerprint density at radius 3 is 3.00 bits per heavy atom. The van der Waals surface area contributed by atoms with Crippen molar-refractivity contribution in [1.29, 1.82) is 0 Å². The van der Waals surface area contributed by atoms with Gasteiger partial charge in [-0.25, -0.2) is 0 Å². The number of ether oxygens (including phenoxy) is 1. The monoisotopic (exact) mass is 401 g/mol. The van der Waals surface area contributed by atoms with Crippen molar-refractivity contribution in [1.82, 2.24) is 24.8 Å². The summed E-state index contributed by atoms with van der Waals surface area (Å²) in [5.74, 6) is 0.753. The number of likely N-dealkylation sites (tertiary alicyclic amines) is 1. The van der Waals surface area contributed by atoms with E-state index in [0.717, 1.165) is 54.3 Å². The third-order valence-electron chi connectivity index (χ3n) is 4.98. The second kappa shape index (κ2) is 8.43. The first-order valence-corrected chi connectivity index (χ1v) is 9.87. The molecule has 1 aliphatic rings. The summed E-state index contributed by atoms with van der Waals surface area (Å²) in [7, 11) is 1.84. The van der Waals surface area contributed by atoms with E-state index in [1.165, 1.54) is 0 Å². The zero-order valence-electron chi connectivity index (χ0n) is 16.1. The average molecular weight is 402 g/mol. The number of rotatable bonds is 6. The van der Waals surface area contributed by atoms with Crippen LogP contribution in [0.1, 0.15) is 29.9 Å². The van der Waals surface area contributed by atoms with E-state index in [9.17, 15) is 0 Å². The van der Waals surface area contributed by atoms with E-state index in [4.69, 9.17) is 20.9 Å². The fourth-order valence-corrected chi connectivity index (χ4v) is 3.76. The molecule has 1 unspecified atom stereocenters. The number of pyridine rings is 1. The zero-order valence-corrected chi connectivity index (χ0v) is 16.9. The van der Waals surface area contributed by atoms with Crippen molar-refractivity contribution in [3.63, 3.8) is 0 Å². The van der Waals surface area contributed by atoms with Crippen molar-refractivity contribution < 1.29 is 9.26 Å². The van der Waals surface area contributed by atoms with Crippen LogP contribution < -0.4 is 0 Å². The largest absolute Gasteiger partial charge is 0.371 e. The molecule has 0 amide bonds. The molecular formula is C20H24ClN5O2. The van der Waals surface area contributed by atoms with E-state index in [2.05, 4.69) is 20.1 Å². The molecule has 1 aliphatic heterocycles. The van der Waals surface area contributed by atoms with Crippen LogP contribution in [0.4, 0.5) is 0 Å². The molecule has 28 heavy (non-hydrogen) atoms. The summed E-state index contributed by atoms with van der Waals surface area (Å²) < 4.78 is 13.0. The van der Waals surface area contributed by atoms with Crippen LogP contribution >= 0.6 is 11.6 Å². The van der Waals surface area contributed by atoms with E-state index in [-0.39, 0.29) is 6.10 Å². The highest BCUT2D eigenvalue weighted by molar-refractivity contribution is 6.30. The highest BCUT2D eigenvalue weighted by atomic mass is 35.5. The molecule has 0 N–H and O–H groups in total. The minimum Gasteiger partial charge on any atom is -0.371 e. The average Bonchev–Trinajstić information content (AvgIpc) is 3.26. The number of nitrogens with zero attached hydrogens (tertiary/aromatic N) is 5. The van der Waals surface area contributed by atoms with Crippen molar-refractivity contribution in [2.45, 2.75) is 39.0 Å². The molecule has 0 spiro atoms. The van der Waals surface area contributed by atoms with Crippen molar-refractivity contribution in [2.24, 2.45) is 7.05 Å². The van der Waals surface area contributed by atoms with Crippen LogP contribution in [0.25, 0.3) is 11.4 Å². The molecule has 0 radical (unpaired) electrons. The van der Waals surface area contributed by atoms with Gasteiger partial charge in [0.25, 0.3) is 0 Å². The SMILES string of the molecule is Cc1cc(-c2nn(C)c(Cl)c2CN2CCCC(OCc3ccccn3)C2)no1. The maximum Gasteiger partial charge on any atom is 0.134 e. The minimum absolute atomic E-state index is 0.184. The number of halogens is 1. The summed E-state index contributed by atoms with van der Waals surface area (Å²) in [4.78, 5) is 6.70. The van der Waals surface area contributed by atoms with Crippen molar-refractivity contribution >= 4 is 11.6 Å². The van der Waals surface area contributed by atoms with Gasteiger partial charge in [0.05, 0.1) is 18.4 Å². The van der Waals surface area contributed by atoms with Crippen LogP contribution in [0.3, 0.4) is 0 Å². The maximum absolute atomic E-state index is 6.54. The first kappa shape index (κ1) is 19.1. The number of hydrogen-bond donors (Lipinski definition) is 0. The van der Waals surface area contributed by atoms with E-state index in [0.29, 0.717) is 18.3 Å². The predicted molar refractivity (Wildman–Crippen MR) is 106 cm³/mol. The Labute approximate surface area is 169 Å². The Morgan fingerprint density at radius 2 is 2.25 bits per heavy atom. The Balaban J connectivity index is 1.44. The summed E-state index contributed by atoms with van der Waals surface area (Å²) in [6.45, 7) is 4.98. The quantitative estimate of drug-likeness (QED) is 0.628. The normalized spacial score (nSPS) is 17.9. The van der Waals surface area contributed by atoms with Gasteiger partial charge >= 0.3 is 0 Å². The fourth-order valence-electron chi connectivity index (χ4n) is 3.57. The molecule has 3 aromatic rings. The number of aryl methyl sites for hydroxylation is 2. The lowest BCUT2D eigenvalue weighted by Gasteiger charge is -2.32. The second-order valence-corrected chi connectivity index (χ2v) is 7.55. The van der Waals surface area contributed by atoms with Gasteiger partial charge in [-0.05, 0) is 38.4 Å². The van der Waals surface area contributed by atoms with Crippen LogP contribution in [-0.4, -0.2) is 44.0 Å². The Kier molecular flexibility index (Phi) is 5.75. The Morgan fingerprint density at radius 1 is 1.36 bits per heavy atom. The van der Waals surface area contributed by atoms with Crippen LogP contribution in [0.5, 0.6) is 0 Å². The molecule has 1 saturated heterocycles. The van der Waals surface area contributed by atoms with Gasteiger partial charge in [-0.3, -0.25) is 14.6 Å². The van der Waals surface area contributed by atoms with Gasteiger partial charge < -0.3 is 9.26 Å². The third-order valence-corrected chi connectivity index (χ3v) is 5.45. The summed E-state index contributed by atoms with van der Waals surface area (Å²) in [6.07, 6.45) is 4.12. The van der Waals surface area contributed by atoms with Crippen LogP contribution in [0.2, 0.25) is 5.15 Å². The molecule has 4 heterocycles. The van der Waals surface area contributed by atoms with Gasteiger partial charge in [0.2, 0.25) is 0 Å². The van der Waals surface area contributed by atoms with Crippen molar-refractivity contribution in [2.75, 3.05) is 13.1 Å². The molecule has 0 bridgehead atoms. The summed E-state index contributed by atoms with van der Waals surface area (Å²) in [5.41, 5.74) is 3.43. The van der Waals surface area contributed by atoms with Crippen molar-refractivity contribution in [3.05, 3.63) is 52.6 Å². The molecule has 148 valence electrons. The number of hydrogen-bond acceptors (Lipinski definition) is 6. The van der Waals surface area contributed by atoms with E-state index >= 15 is 0 Å². The lowest BCUT2D eigenvalue weighted by molar-refractivity contribution is -0.0132. The van der Waals surface area contributed by atoms with Crippen LogP contribution in [0, 0.1) is 6.92 Å². The molecule has 1 atom stereocenters. The predicted octanol–water partition coefficient (Wildman–Crippen LogP) is 3.61. The van der Waals surface area contributed by atoms with Gasteiger partial charge in [-0.2, -0.15) is 5.10 Å². The van der Waals surface area contributed by atoms with Gasteiger partial charge in [-0.15, -0.1) is 0 Å². The molecular weight excluding hydrogens is 378 g/mol. The summed E-state index contributed by atoms with van der Waals surface area (Å²) in [6, 6.07) is 7.77. The molecule has 7 nitrogen and oxygen atoms in total. The first-order chi connectivity index (χ1) is 13.6. The summed E-state index contributed by atoms with van der Waals surface area (Å²) in [5, 5.41) is 9.29. The van der Waals surface area contributed by atoms with Gasteiger partial charge in [0, 0.05) is 38.0 Å². The maximum atomic E-state index is 6.54. The van der Waals surface area contributed by atoms with Crippen LogP contribution in [0.15, 0.2) is 35.0 Å². The highest BCUT2D eigenvalue weighted by Crippen LogP contribution is 2.30. The Bertz CT molecular complexity index is 924. The van der Waals surface area contributed by atoms with E-state index in [1.54, 1.807) is 10.9 Å². The van der Waals surface area contributed by atoms with Gasteiger partial charge in [0.1, 0.15) is 22.3 Å². The highest BCUT2D eigenvalue weighted by Gasteiger charge is 2.25. The fraction of sp³-hybridized carbons (Fsp3) is 0.450. The van der Waals surface area contributed by atoms with E-state index in [1.807, 2.05) is 38.2 Å². The molecule has 1 fully saturated rings. The van der Waals surface area contributed by atoms with Gasteiger partial charge in [0.15, 0.2) is 0 Å². The van der Waals surface area contributed by atoms with Crippen LogP contribution in [-0.2, 0) is 24.9 Å². The topological polar surface area (TPSA) is 69.2 Å². The molecule has 8 heteroatoms. The van der Waals surface area contributed by atoms with Gasteiger partial charge in [-0.1, -0.05) is 22.8 Å². The minimum atomic E-state index is 0.184. The standard InChI is InChI=1S/C20H24ClN5O2/c1-14-10-18(24-28-14)19-17(20(21)25(2)23-19)12-26-9-5-7-16(11-26)27-13-15-6-3-4-8-22-15/h3-4,6,8,10,16H,5,7,9,11-13H2,1-2H3. The molecule has 4 rings (SSSR count). The number of piperidine rings is 1. The number of aromatic nitrogens is 4. The zero-order chi connectivity index (χ0) is 19.5. The Hall–Kier alpha value is -2.22. The smallest absolute Gasteiger partial charge is 0.134 e. The second-order valence-electron chi connectivity index (χ2n) is 7.20.